The second-order valence-corrected chi connectivity index (χ2v) is 6.96. The van der Waals surface area contributed by atoms with E-state index in [1.165, 1.54) is 4.90 Å². The molecular formula is C16H25FN2O3. The minimum Gasteiger partial charge on any atom is -0.444 e. The molecule has 5 nitrogen and oxygen atoms in total. The second kappa shape index (κ2) is 6.67. The molecule has 0 aromatic carbocycles. The highest BCUT2D eigenvalue weighted by Crippen LogP contribution is 2.24. The molecule has 0 saturated carbocycles. The highest BCUT2D eigenvalue weighted by Gasteiger charge is 2.42. The van der Waals surface area contributed by atoms with Crippen LogP contribution in [0.15, 0.2) is 12.2 Å². The summed E-state index contributed by atoms with van der Waals surface area (Å²) in [6.45, 7) is 5.15. The fraction of sp³-hybridized carbons (Fsp3) is 0.750. The largest absolute Gasteiger partial charge is 0.444 e. The maximum Gasteiger partial charge on any atom is 0.411 e. The molecule has 2 amide bonds. The van der Waals surface area contributed by atoms with E-state index in [1.54, 1.807) is 20.8 Å². The van der Waals surface area contributed by atoms with Gasteiger partial charge in [-0.15, -0.1) is 0 Å². The third-order valence-electron chi connectivity index (χ3n) is 3.76. The van der Waals surface area contributed by atoms with Crippen LogP contribution in [0, 0.1) is 0 Å². The average molecular weight is 312 g/mol. The molecule has 3 atom stereocenters. The molecule has 0 aromatic heterocycles. The first kappa shape index (κ1) is 16.8. The van der Waals surface area contributed by atoms with Crippen molar-refractivity contribution in [3.8, 4) is 0 Å². The topological polar surface area (TPSA) is 58.6 Å². The molecule has 22 heavy (non-hydrogen) atoms. The zero-order valence-electron chi connectivity index (χ0n) is 13.5. The number of amides is 2. The molecule has 0 spiro atoms. The van der Waals surface area contributed by atoms with Crippen molar-refractivity contribution in [2.45, 2.75) is 70.3 Å². The maximum atomic E-state index is 13.7. The SMILES string of the molecule is CC(C)(C)OC(=O)N1C[C@@H](F)C[C@@H]1C(=O)NC1C=CCCC1. The highest BCUT2D eigenvalue weighted by atomic mass is 19.1. The van der Waals surface area contributed by atoms with E-state index < -0.39 is 23.9 Å². The zero-order valence-corrected chi connectivity index (χ0v) is 13.5. The van der Waals surface area contributed by atoms with Gasteiger partial charge in [-0.2, -0.15) is 0 Å². The first-order chi connectivity index (χ1) is 10.3. The average Bonchev–Trinajstić information content (AvgIpc) is 2.80. The number of likely N-dealkylation sites (tertiary alicyclic amines) is 1. The zero-order chi connectivity index (χ0) is 16.3. The Labute approximate surface area is 130 Å². The van der Waals surface area contributed by atoms with Crippen LogP contribution in [0.1, 0.15) is 46.5 Å². The van der Waals surface area contributed by atoms with Gasteiger partial charge in [-0.1, -0.05) is 12.2 Å². The van der Waals surface area contributed by atoms with Crippen LogP contribution in [0.4, 0.5) is 9.18 Å². The van der Waals surface area contributed by atoms with E-state index >= 15 is 0 Å². The number of nitrogens with zero attached hydrogens (tertiary/aromatic N) is 1. The van der Waals surface area contributed by atoms with Gasteiger partial charge in [-0.05, 0) is 40.0 Å². The molecule has 2 aliphatic rings. The van der Waals surface area contributed by atoms with Gasteiger partial charge in [0, 0.05) is 12.5 Å². The Hall–Kier alpha value is -1.59. The van der Waals surface area contributed by atoms with Gasteiger partial charge in [0.1, 0.15) is 17.8 Å². The van der Waals surface area contributed by atoms with Gasteiger partial charge in [-0.25, -0.2) is 9.18 Å². The van der Waals surface area contributed by atoms with Crippen LogP contribution in [0.3, 0.4) is 0 Å². The van der Waals surface area contributed by atoms with Crippen LogP contribution in [-0.4, -0.2) is 47.3 Å². The maximum absolute atomic E-state index is 13.7. The molecule has 1 aliphatic heterocycles. The number of nitrogens with one attached hydrogen (secondary N) is 1. The van der Waals surface area contributed by atoms with Crippen molar-refractivity contribution >= 4 is 12.0 Å². The Morgan fingerprint density at radius 1 is 1.36 bits per heavy atom. The van der Waals surface area contributed by atoms with Crippen LogP contribution in [0.5, 0.6) is 0 Å². The van der Waals surface area contributed by atoms with Crippen LogP contribution in [0.25, 0.3) is 0 Å². The first-order valence-corrected chi connectivity index (χ1v) is 7.87. The summed E-state index contributed by atoms with van der Waals surface area (Å²) < 4.78 is 19.0. The van der Waals surface area contributed by atoms with Crippen molar-refractivity contribution in [1.29, 1.82) is 0 Å². The summed E-state index contributed by atoms with van der Waals surface area (Å²) in [5.41, 5.74) is -0.668. The minimum atomic E-state index is -1.19. The number of allylic oxidation sites excluding steroid dienone is 1. The number of halogens is 1. The van der Waals surface area contributed by atoms with E-state index in [2.05, 4.69) is 5.32 Å². The highest BCUT2D eigenvalue weighted by molar-refractivity contribution is 5.86. The normalized spacial score (nSPS) is 28.5. The predicted molar refractivity (Wildman–Crippen MR) is 81.2 cm³/mol. The predicted octanol–water partition coefficient (Wildman–Crippen LogP) is 2.56. The van der Waals surface area contributed by atoms with Crippen molar-refractivity contribution in [2.75, 3.05) is 6.54 Å². The Morgan fingerprint density at radius 3 is 2.68 bits per heavy atom. The quantitative estimate of drug-likeness (QED) is 0.797. The smallest absolute Gasteiger partial charge is 0.411 e. The Kier molecular flexibility index (Phi) is 5.08. The summed E-state index contributed by atoms with van der Waals surface area (Å²) in [5.74, 6) is -0.303. The van der Waals surface area contributed by atoms with Gasteiger partial charge in [-0.3, -0.25) is 9.69 Å². The summed E-state index contributed by atoms with van der Waals surface area (Å²) in [5, 5.41) is 2.89. The van der Waals surface area contributed by atoms with Gasteiger partial charge in [0.05, 0.1) is 6.54 Å². The van der Waals surface area contributed by atoms with Crippen LogP contribution < -0.4 is 5.32 Å². The molecule has 6 heteroatoms. The van der Waals surface area contributed by atoms with Gasteiger partial charge >= 0.3 is 6.09 Å². The molecule has 1 fully saturated rings. The molecule has 124 valence electrons. The van der Waals surface area contributed by atoms with E-state index in [-0.39, 0.29) is 24.9 Å². The minimum absolute atomic E-state index is 0.0274. The van der Waals surface area contributed by atoms with Crippen molar-refractivity contribution in [3.05, 3.63) is 12.2 Å². The summed E-state index contributed by atoms with van der Waals surface area (Å²) >= 11 is 0. The van der Waals surface area contributed by atoms with E-state index in [0.29, 0.717) is 0 Å². The lowest BCUT2D eigenvalue weighted by Gasteiger charge is -2.29. The van der Waals surface area contributed by atoms with E-state index in [9.17, 15) is 14.0 Å². The van der Waals surface area contributed by atoms with Crippen molar-refractivity contribution < 1.29 is 18.7 Å². The molecule has 1 aliphatic carbocycles. The van der Waals surface area contributed by atoms with E-state index in [4.69, 9.17) is 4.74 Å². The number of rotatable bonds is 2. The Bertz CT molecular complexity index is 459. The molecule has 1 unspecified atom stereocenters. The number of ether oxygens (including phenoxy) is 1. The third-order valence-corrected chi connectivity index (χ3v) is 3.76. The molecule has 2 rings (SSSR count). The fourth-order valence-electron chi connectivity index (χ4n) is 2.77. The lowest BCUT2D eigenvalue weighted by molar-refractivity contribution is -0.126. The van der Waals surface area contributed by atoms with Crippen molar-refractivity contribution in [1.82, 2.24) is 10.2 Å². The molecule has 1 saturated heterocycles. The van der Waals surface area contributed by atoms with Crippen molar-refractivity contribution in [3.63, 3.8) is 0 Å². The lowest BCUT2D eigenvalue weighted by atomic mass is 10.0. The molecule has 0 radical (unpaired) electrons. The monoisotopic (exact) mass is 312 g/mol. The van der Waals surface area contributed by atoms with E-state index in [0.717, 1.165) is 19.3 Å². The molecule has 0 bridgehead atoms. The summed E-state index contributed by atoms with van der Waals surface area (Å²) in [4.78, 5) is 25.7. The van der Waals surface area contributed by atoms with Gasteiger partial charge in [0.2, 0.25) is 5.91 Å². The Balaban J connectivity index is 2.00. The van der Waals surface area contributed by atoms with E-state index in [1.807, 2.05) is 12.2 Å². The van der Waals surface area contributed by atoms with Crippen molar-refractivity contribution in [2.24, 2.45) is 0 Å². The first-order valence-electron chi connectivity index (χ1n) is 7.87. The third kappa shape index (κ3) is 4.45. The molecule has 0 aromatic rings. The number of alkyl halides is 1. The number of carbonyl (C=O) groups excluding carboxylic acids is 2. The second-order valence-electron chi connectivity index (χ2n) is 6.96. The summed E-state index contributed by atoms with van der Waals surface area (Å²) in [7, 11) is 0. The molecule has 1 N–H and O–H groups in total. The number of carbonyl (C=O) groups is 2. The van der Waals surface area contributed by atoms with Crippen LogP contribution in [-0.2, 0) is 9.53 Å². The molecular weight excluding hydrogens is 287 g/mol. The fourth-order valence-corrected chi connectivity index (χ4v) is 2.77. The van der Waals surface area contributed by atoms with Gasteiger partial charge in [0.25, 0.3) is 0 Å². The standard InChI is InChI=1S/C16H25FN2O3/c1-16(2,3)22-15(21)19-10-11(17)9-13(19)14(20)18-12-7-5-4-6-8-12/h5,7,11-13H,4,6,8-10H2,1-3H3,(H,18,20)/t11-,12?,13+/m0/s1. The van der Waals surface area contributed by atoms with Crippen LogP contribution >= 0.6 is 0 Å². The lowest BCUT2D eigenvalue weighted by Crippen LogP contribution is -2.49. The number of hydrogen-bond donors (Lipinski definition) is 1. The Morgan fingerprint density at radius 2 is 2.09 bits per heavy atom. The number of hydrogen-bond acceptors (Lipinski definition) is 3. The summed E-state index contributed by atoms with van der Waals surface area (Å²) in [6, 6.07) is -0.819. The van der Waals surface area contributed by atoms with Crippen LogP contribution in [0.2, 0.25) is 0 Å². The molecule has 1 heterocycles. The summed E-state index contributed by atoms with van der Waals surface area (Å²) in [6.07, 6.45) is 5.12. The van der Waals surface area contributed by atoms with Gasteiger partial charge in [0.15, 0.2) is 0 Å². The van der Waals surface area contributed by atoms with Gasteiger partial charge < -0.3 is 10.1 Å².